The average Bonchev–Trinajstić information content (AvgIpc) is 2.94. The average molecular weight is 655 g/mol. The van der Waals surface area contributed by atoms with Crippen molar-refractivity contribution in [1.82, 2.24) is 0 Å². The van der Waals surface area contributed by atoms with E-state index in [4.69, 9.17) is 23.2 Å². The zero-order valence-corrected chi connectivity index (χ0v) is 24.3. The van der Waals surface area contributed by atoms with Crippen molar-refractivity contribution in [3.05, 3.63) is 153 Å². The molecule has 2 nitrogen and oxygen atoms in total. The lowest BCUT2D eigenvalue weighted by molar-refractivity contribution is -0.138. The minimum atomic E-state index is -4.53. The predicted molar refractivity (Wildman–Crippen MR) is 158 cm³/mol. The Labute approximate surface area is 254 Å². The van der Waals surface area contributed by atoms with Crippen LogP contribution in [-0.4, -0.2) is 8.42 Å². The summed E-state index contributed by atoms with van der Waals surface area (Å²) in [6.07, 6.45) is -3.48. The van der Waals surface area contributed by atoms with Crippen LogP contribution in [0.5, 0.6) is 0 Å². The fraction of sp³-hybridized carbons (Fsp3) is 0.125. The van der Waals surface area contributed by atoms with Crippen molar-refractivity contribution in [2.45, 2.75) is 22.9 Å². The van der Waals surface area contributed by atoms with Crippen LogP contribution in [0.3, 0.4) is 0 Å². The molecule has 2 atom stereocenters. The summed E-state index contributed by atoms with van der Waals surface area (Å²) < 4.78 is 107. The van der Waals surface area contributed by atoms with E-state index in [0.717, 1.165) is 24.3 Å². The van der Waals surface area contributed by atoms with Gasteiger partial charge in [0.1, 0.15) is 10.5 Å². The van der Waals surface area contributed by atoms with Crippen molar-refractivity contribution >= 4 is 45.2 Å². The third-order valence-corrected chi connectivity index (χ3v) is 9.29. The van der Waals surface area contributed by atoms with Gasteiger partial charge in [0, 0.05) is 10.0 Å². The molecule has 2 unspecified atom stereocenters. The molecule has 11 heteroatoms. The van der Waals surface area contributed by atoms with Crippen LogP contribution >= 0.6 is 23.2 Å². The van der Waals surface area contributed by atoms with E-state index >= 15 is 0 Å². The molecule has 4 rings (SSSR count). The van der Waals surface area contributed by atoms with Crippen molar-refractivity contribution in [2.24, 2.45) is 0 Å². The Kier molecular flexibility index (Phi) is 9.79. The molecule has 0 aliphatic heterocycles. The third-order valence-electron chi connectivity index (χ3n) is 6.51. The summed E-state index contributed by atoms with van der Waals surface area (Å²) in [5, 5.41) is -1.85. The molecule has 0 saturated carbocycles. The van der Waals surface area contributed by atoms with Gasteiger partial charge in [0.25, 0.3) is 0 Å². The molecule has 0 amide bonds. The number of rotatable bonds is 8. The predicted octanol–water partition coefficient (Wildman–Crippen LogP) is 10.7. The molecule has 0 fully saturated rings. The first-order valence-electron chi connectivity index (χ1n) is 12.6. The lowest BCUT2D eigenvalue weighted by Gasteiger charge is -2.22. The number of alkyl halides is 6. The molecule has 0 saturated heterocycles. The highest BCUT2D eigenvalue weighted by Crippen LogP contribution is 2.38. The van der Waals surface area contributed by atoms with Gasteiger partial charge in [0.15, 0.2) is 9.84 Å². The second kappa shape index (κ2) is 13.0. The van der Waals surface area contributed by atoms with Crippen LogP contribution in [-0.2, 0) is 22.2 Å². The Bertz CT molecular complexity index is 1570. The third kappa shape index (κ3) is 8.31. The van der Waals surface area contributed by atoms with E-state index in [1.165, 1.54) is 97.1 Å². The van der Waals surface area contributed by atoms with E-state index < -0.39 is 43.8 Å². The van der Waals surface area contributed by atoms with Crippen molar-refractivity contribution in [3.8, 4) is 0 Å². The molecule has 0 bridgehead atoms. The van der Waals surface area contributed by atoms with Gasteiger partial charge in [-0.25, -0.2) is 8.42 Å². The van der Waals surface area contributed by atoms with Crippen LogP contribution in [0.25, 0.3) is 12.2 Å². The highest BCUT2D eigenvalue weighted by Gasteiger charge is 2.34. The molecule has 0 spiro atoms. The van der Waals surface area contributed by atoms with Crippen LogP contribution in [0.15, 0.2) is 109 Å². The highest BCUT2D eigenvalue weighted by atomic mass is 35.5. The molecule has 0 aromatic heterocycles. The first-order chi connectivity index (χ1) is 20.1. The second-order valence-corrected chi connectivity index (χ2v) is 12.6. The first kappa shape index (κ1) is 32.4. The summed E-state index contributed by atoms with van der Waals surface area (Å²) >= 11 is 12.1. The first-order valence-corrected chi connectivity index (χ1v) is 15.0. The minimum Gasteiger partial charge on any atom is -0.227 e. The summed E-state index contributed by atoms with van der Waals surface area (Å²) in [5.41, 5.74) is -0.328. The van der Waals surface area contributed by atoms with Crippen LogP contribution in [0, 0.1) is 0 Å². The van der Waals surface area contributed by atoms with Crippen molar-refractivity contribution < 1.29 is 34.8 Å². The normalized spacial score (nSPS) is 14.3. The fourth-order valence-electron chi connectivity index (χ4n) is 4.25. The number of hydrogen-bond donors (Lipinski definition) is 0. The molecule has 4 aromatic rings. The van der Waals surface area contributed by atoms with Gasteiger partial charge in [0.05, 0.1) is 11.1 Å². The maximum absolute atomic E-state index is 14.3. The standard InChI is InChI=1S/C32H22Cl2F6O2S/c33-27-15-7-23(8-16-27)29(19-5-21-1-11-25(12-2-21)31(35,36)37)43(41,42)30(24-9-17-28(34)18-10-24)20-6-22-3-13-26(14-4-22)32(38,39)40/h1-20,29-30H/b19-5+,20-6+. The fourth-order valence-corrected chi connectivity index (χ4v) is 6.48. The summed E-state index contributed by atoms with van der Waals surface area (Å²) in [6, 6.07) is 20.7. The number of benzene rings is 4. The summed E-state index contributed by atoms with van der Waals surface area (Å²) in [4.78, 5) is 0. The number of hydrogen-bond acceptors (Lipinski definition) is 2. The quantitative estimate of drug-likeness (QED) is 0.177. The lowest BCUT2D eigenvalue weighted by Crippen LogP contribution is -2.19. The summed E-state index contributed by atoms with van der Waals surface area (Å²) in [7, 11) is -4.22. The van der Waals surface area contributed by atoms with E-state index in [1.54, 1.807) is 0 Å². The molecule has 0 N–H and O–H groups in total. The minimum absolute atomic E-state index is 0.338. The van der Waals surface area contributed by atoms with Gasteiger partial charge in [-0.2, -0.15) is 26.3 Å². The SMILES string of the molecule is O=S(=O)(C(/C=C/c1ccc(C(F)(F)F)cc1)c1ccc(Cl)cc1)C(/C=C/c1ccc(C(F)(F)F)cc1)c1ccc(Cl)cc1. The van der Waals surface area contributed by atoms with Crippen molar-refractivity contribution in [1.29, 1.82) is 0 Å². The van der Waals surface area contributed by atoms with Gasteiger partial charge in [0.2, 0.25) is 0 Å². The summed E-state index contributed by atoms with van der Waals surface area (Å²) in [5.74, 6) is 0. The molecule has 0 aliphatic rings. The molecular formula is C32H22Cl2F6O2S. The molecular weight excluding hydrogens is 633 g/mol. The Balaban J connectivity index is 1.78. The van der Waals surface area contributed by atoms with Crippen molar-refractivity contribution in [3.63, 3.8) is 0 Å². The van der Waals surface area contributed by atoms with Crippen molar-refractivity contribution in [2.75, 3.05) is 0 Å². The van der Waals surface area contributed by atoms with E-state index in [-0.39, 0.29) is 0 Å². The lowest BCUT2D eigenvalue weighted by atomic mass is 10.1. The van der Waals surface area contributed by atoms with Crippen LogP contribution in [0.4, 0.5) is 26.3 Å². The van der Waals surface area contributed by atoms with E-state index in [1.807, 2.05) is 0 Å². The van der Waals surface area contributed by atoms with Crippen LogP contribution in [0.2, 0.25) is 10.0 Å². The highest BCUT2D eigenvalue weighted by molar-refractivity contribution is 7.92. The second-order valence-electron chi connectivity index (χ2n) is 9.49. The Morgan fingerprint density at radius 2 is 0.814 bits per heavy atom. The van der Waals surface area contributed by atoms with Crippen LogP contribution < -0.4 is 0 Å². The monoisotopic (exact) mass is 654 g/mol. The molecule has 0 radical (unpaired) electrons. The Morgan fingerprint density at radius 1 is 0.512 bits per heavy atom. The maximum atomic E-state index is 14.3. The zero-order chi connectivity index (χ0) is 31.4. The molecule has 224 valence electrons. The largest absolute Gasteiger partial charge is 0.416 e. The van der Waals surface area contributed by atoms with E-state index in [0.29, 0.717) is 32.3 Å². The van der Waals surface area contributed by atoms with E-state index in [9.17, 15) is 34.8 Å². The van der Waals surface area contributed by atoms with Gasteiger partial charge in [-0.15, -0.1) is 0 Å². The van der Waals surface area contributed by atoms with Gasteiger partial charge in [-0.05, 0) is 70.8 Å². The molecule has 43 heavy (non-hydrogen) atoms. The Hall–Kier alpha value is -3.53. The van der Waals surface area contributed by atoms with Gasteiger partial charge in [-0.1, -0.05) is 96.0 Å². The van der Waals surface area contributed by atoms with Gasteiger partial charge in [-0.3, -0.25) is 0 Å². The molecule has 0 heterocycles. The van der Waals surface area contributed by atoms with Gasteiger partial charge < -0.3 is 0 Å². The molecule has 0 aliphatic carbocycles. The van der Waals surface area contributed by atoms with E-state index in [2.05, 4.69) is 0 Å². The summed E-state index contributed by atoms with van der Waals surface area (Å²) in [6.45, 7) is 0. The number of sulfone groups is 1. The van der Waals surface area contributed by atoms with Crippen LogP contribution in [0.1, 0.15) is 43.9 Å². The Morgan fingerprint density at radius 3 is 1.09 bits per heavy atom. The van der Waals surface area contributed by atoms with Gasteiger partial charge >= 0.3 is 12.4 Å². The smallest absolute Gasteiger partial charge is 0.227 e. The zero-order valence-electron chi connectivity index (χ0n) is 22.0. The maximum Gasteiger partial charge on any atom is 0.416 e. The topological polar surface area (TPSA) is 34.1 Å². The molecule has 4 aromatic carbocycles. The number of halogens is 8.